The predicted octanol–water partition coefficient (Wildman–Crippen LogP) is 5.21. The highest BCUT2D eigenvalue weighted by Crippen LogP contribution is 2.25. The molecule has 0 aliphatic carbocycles. The number of nitrogens with zero attached hydrogens (tertiary/aromatic N) is 3. The van der Waals surface area contributed by atoms with Gasteiger partial charge in [0, 0.05) is 22.5 Å². The van der Waals surface area contributed by atoms with Crippen LogP contribution in [0.25, 0.3) is 22.4 Å². The maximum Gasteiger partial charge on any atom is 0.219 e. The van der Waals surface area contributed by atoms with Crippen molar-refractivity contribution in [1.29, 1.82) is 0 Å². The van der Waals surface area contributed by atoms with E-state index in [1.807, 2.05) is 79.2 Å². The Kier molecular flexibility index (Phi) is 4.31. The zero-order valence-electron chi connectivity index (χ0n) is 13.6. The first-order valence-corrected chi connectivity index (χ1v) is 9.05. The van der Waals surface area contributed by atoms with Gasteiger partial charge >= 0.3 is 0 Å². The highest BCUT2D eigenvalue weighted by Gasteiger charge is 2.07. The van der Waals surface area contributed by atoms with Crippen molar-refractivity contribution < 1.29 is 4.74 Å². The SMILES string of the molecule is CSc1ccc(Oc2cccc(-c3ncc4ccccc4n3)n2)cc1. The van der Waals surface area contributed by atoms with E-state index in [4.69, 9.17) is 4.74 Å². The number of benzene rings is 2. The van der Waals surface area contributed by atoms with Crippen molar-refractivity contribution in [2.75, 3.05) is 6.26 Å². The Bertz CT molecular complexity index is 1020. The molecule has 0 spiro atoms. The molecule has 4 rings (SSSR count). The molecular formula is C20H15N3OS. The van der Waals surface area contributed by atoms with E-state index >= 15 is 0 Å². The third kappa shape index (κ3) is 3.46. The zero-order chi connectivity index (χ0) is 17.1. The molecule has 25 heavy (non-hydrogen) atoms. The van der Waals surface area contributed by atoms with Crippen molar-refractivity contribution in [1.82, 2.24) is 15.0 Å². The Morgan fingerprint density at radius 1 is 0.840 bits per heavy atom. The molecule has 0 atom stereocenters. The van der Waals surface area contributed by atoms with Crippen LogP contribution >= 0.6 is 11.8 Å². The largest absolute Gasteiger partial charge is 0.439 e. The third-order valence-electron chi connectivity index (χ3n) is 3.72. The quantitative estimate of drug-likeness (QED) is 0.475. The summed E-state index contributed by atoms with van der Waals surface area (Å²) in [6, 6.07) is 21.4. The average molecular weight is 345 g/mol. The second kappa shape index (κ2) is 6.91. The number of pyridine rings is 1. The molecule has 0 bridgehead atoms. The van der Waals surface area contributed by atoms with E-state index in [0.717, 1.165) is 16.7 Å². The Balaban J connectivity index is 1.63. The van der Waals surface area contributed by atoms with Gasteiger partial charge < -0.3 is 4.74 Å². The molecule has 0 radical (unpaired) electrons. The van der Waals surface area contributed by atoms with Gasteiger partial charge in [-0.1, -0.05) is 24.3 Å². The van der Waals surface area contributed by atoms with Crippen molar-refractivity contribution in [2.24, 2.45) is 0 Å². The Morgan fingerprint density at radius 3 is 2.52 bits per heavy atom. The molecule has 2 aromatic heterocycles. The number of aromatic nitrogens is 3. The normalized spacial score (nSPS) is 10.8. The van der Waals surface area contributed by atoms with Gasteiger partial charge in [-0.15, -0.1) is 11.8 Å². The van der Waals surface area contributed by atoms with Gasteiger partial charge in [-0.3, -0.25) is 0 Å². The van der Waals surface area contributed by atoms with Crippen LogP contribution in [0.3, 0.4) is 0 Å². The average Bonchev–Trinajstić information content (AvgIpc) is 2.68. The minimum atomic E-state index is 0.520. The van der Waals surface area contributed by atoms with Gasteiger partial charge in [0.15, 0.2) is 5.82 Å². The molecule has 0 N–H and O–H groups in total. The highest BCUT2D eigenvalue weighted by molar-refractivity contribution is 7.98. The van der Waals surface area contributed by atoms with Crippen LogP contribution in [0.2, 0.25) is 0 Å². The van der Waals surface area contributed by atoms with Crippen molar-refractivity contribution in [2.45, 2.75) is 4.90 Å². The molecule has 0 aliphatic rings. The van der Waals surface area contributed by atoms with Crippen LogP contribution in [0.5, 0.6) is 11.6 Å². The first-order chi connectivity index (χ1) is 12.3. The molecule has 0 fully saturated rings. The van der Waals surface area contributed by atoms with Crippen LogP contribution in [0.15, 0.2) is 77.8 Å². The maximum absolute atomic E-state index is 5.85. The molecule has 0 amide bonds. The van der Waals surface area contributed by atoms with E-state index in [2.05, 4.69) is 15.0 Å². The molecule has 0 unspecified atom stereocenters. The van der Waals surface area contributed by atoms with Crippen LogP contribution in [-0.4, -0.2) is 21.2 Å². The summed E-state index contributed by atoms with van der Waals surface area (Å²) in [5.74, 6) is 1.86. The summed E-state index contributed by atoms with van der Waals surface area (Å²) < 4.78 is 5.85. The maximum atomic E-state index is 5.85. The molecule has 2 heterocycles. The van der Waals surface area contributed by atoms with Gasteiger partial charge in [0.05, 0.1) is 5.52 Å². The number of para-hydroxylation sites is 1. The molecule has 0 aliphatic heterocycles. The fraction of sp³-hybridized carbons (Fsp3) is 0.0500. The van der Waals surface area contributed by atoms with Crippen LogP contribution in [0.1, 0.15) is 0 Å². The molecule has 5 heteroatoms. The lowest BCUT2D eigenvalue weighted by Gasteiger charge is -2.07. The first kappa shape index (κ1) is 15.6. The summed E-state index contributed by atoms with van der Waals surface area (Å²) in [6.07, 6.45) is 3.86. The lowest BCUT2D eigenvalue weighted by molar-refractivity contribution is 0.463. The van der Waals surface area contributed by atoms with Crippen LogP contribution < -0.4 is 4.74 Å². The Morgan fingerprint density at radius 2 is 1.68 bits per heavy atom. The minimum absolute atomic E-state index is 0.520. The second-order valence-electron chi connectivity index (χ2n) is 5.39. The molecule has 0 saturated carbocycles. The smallest absolute Gasteiger partial charge is 0.219 e. The van der Waals surface area contributed by atoms with Gasteiger partial charge in [-0.05, 0) is 42.7 Å². The third-order valence-corrected chi connectivity index (χ3v) is 4.47. The zero-order valence-corrected chi connectivity index (χ0v) is 14.4. The van der Waals surface area contributed by atoms with E-state index in [1.165, 1.54) is 4.90 Å². The monoisotopic (exact) mass is 345 g/mol. The lowest BCUT2D eigenvalue weighted by Crippen LogP contribution is -1.94. The van der Waals surface area contributed by atoms with Crippen LogP contribution in [0.4, 0.5) is 0 Å². The van der Waals surface area contributed by atoms with Gasteiger partial charge in [-0.2, -0.15) is 0 Å². The fourth-order valence-corrected chi connectivity index (χ4v) is 2.86. The van der Waals surface area contributed by atoms with Gasteiger partial charge in [0.1, 0.15) is 11.4 Å². The summed E-state index contributed by atoms with van der Waals surface area (Å²) in [5, 5.41) is 1.01. The summed E-state index contributed by atoms with van der Waals surface area (Å²) in [4.78, 5) is 14.7. The predicted molar refractivity (Wildman–Crippen MR) is 101 cm³/mol. The highest BCUT2D eigenvalue weighted by atomic mass is 32.2. The van der Waals surface area contributed by atoms with Crippen LogP contribution in [0, 0.1) is 0 Å². The summed E-state index contributed by atoms with van der Waals surface area (Å²) >= 11 is 1.70. The molecule has 122 valence electrons. The summed E-state index contributed by atoms with van der Waals surface area (Å²) in [6.45, 7) is 0. The van der Waals surface area contributed by atoms with Crippen molar-refractivity contribution in [3.8, 4) is 23.1 Å². The van der Waals surface area contributed by atoms with Crippen molar-refractivity contribution >= 4 is 22.7 Å². The first-order valence-electron chi connectivity index (χ1n) is 7.83. The molecule has 2 aromatic carbocycles. The minimum Gasteiger partial charge on any atom is -0.439 e. The Labute approximate surface area is 149 Å². The lowest BCUT2D eigenvalue weighted by atomic mass is 10.2. The molecular weight excluding hydrogens is 330 g/mol. The van der Waals surface area contributed by atoms with Crippen molar-refractivity contribution in [3.05, 3.63) is 72.9 Å². The number of thioether (sulfide) groups is 1. The van der Waals surface area contributed by atoms with E-state index in [0.29, 0.717) is 17.4 Å². The standard InChI is InChI=1S/C20H15N3OS/c1-25-16-11-9-15(10-12-16)24-19-8-4-7-18(22-19)20-21-13-14-5-2-3-6-17(14)23-20/h2-13H,1H3. The number of fused-ring (bicyclic) bond motifs is 1. The van der Waals surface area contributed by atoms with Crippen molar-refractivity contribution in [3.63, 3.8) is 0 Å². The number of hydrogen-bond donors (Lipinski definition) is 0. The summed E-state index contributed by atoms with van der Waals surface area (Å²) in [5.41, 5.74) is 1.58. The second-order valence-corrected chi connectivity index (χ2v) is 6.27. The van der Waals surface area contributed by atoms with Gasteiger partial charge in [-0.25, -0.2) is 15.0 Å². The molecule has 4 nitrogen and oxygen atoms in total. The number of hydrogen-bond acceptors (Lipinski definition) is 5. The van der Waals surface area contributed by atoms with Gasteiger partial charge in [0.25, 0.3) is 0 Å². The number of ether oxygens (including phenoxy) is 1. The molecule has 4 aromatic rings. The van der Waals surface area contributed by atoms with Crippen LogP contribution in [-0.2, 0) is 0 Å². The van der Waals surface area contributed by atoms with E-state index in [9.17, 15) is 0 Å². The van der Waals surface area contributed by atoms with E-state index in [-0.39, 0.29) is 0 Å². The van der Waals surface area contributed by atoms with Gasteiger partial charge in [0.2, 0.25) is 5.88 Å². The topological polar surface area (TPSA) is 47.9 Å². The van der Waals surface area contributed by atoms with E-state index < -0.39 is 0 Å². The Hall–Kier alpha value is -2.92. The fourth-order valence-electron chi connectivity index (χ4n) is 2.46. The molecule has 0 saturated heterocycles. The number of rotatable bonds is 4. The van der Waals surface area contributed by atoms with E-state index in [1.54, 1.807) is 11.8 Å². The summed E-state index contributed by atoms with van der Waals surface area (Å²) in [7, 11) is 0.